The number of carboxylic acids is 1. The maximum Gasteiger partial charge on any atom is 0.306 e. The van der Waals surface area contributed by atoms with Gasteiger partial charge in [-0.3, -0.25) is 4.79 Å². The van der Waals surface area contributed by atoms with Gasteiger partial charge in [0.25, 0.3) is 0 Å². The molecular weight excluding hydrogens is 315 g/mol. The van der Waals surface area contributed by atoms with Gasteiger partial charge >= 0.3 is 5.97 Å². The van der Waals surface area contributed by atoms with Crippen LogP contribution in [-0.2, 0) is 11.2 Å². The first-order valence-electron chi connectivity index (χ1n) is 6.34. The van der Waals surface area contributed by atoms with E-state index in [1.165, 1.54) is 12.1 Å². The van der Waals surface area contributed by atoms with Gasteiger partial charge in [-0.2, -0.15) is 0 Å². The Kier molecular flexibility index (Phi) is 4.45. The van der Waals surface area contributed by atoms with E-state index in [0.29, 0.717) is 15.8 Å². The highest BCUT2D eigenvalue weighted by Gasteiger charge is 2.23. The molecule has 3 nitrogen and oxygen atoms in total. The first-order chi connectivity index (χ1) is 8.97. The normalized spacial score (nSPS) is 16.8. The van der Waals surface area contributed by atoms with Crippen LogP contribution in [0.5, 0.6) is 5.75 Å². The van der Waals surface area contributed by atoms with Crippen LogP contribution in [0, 0.1) is 11.7 Å². The van der Waals surface area contributed by atoms with E-state index in [9.17, 15) is 9.18 Å². The van der Waals surface area contributed by atoms with E-state index in [0.717, 1.165) is 19.3 Å². The Morgan fingerprint density at radius 2 is 2.26 bits per heavy atom. The molecule has 1 aromatic rings. The second-order valence-corrected chi connectivity index (χ2v) is 5.84. The van der Waals surface area contributed by atoms with Gasteiger partial charge < -0.3 is 9.84 Å². The lowest BCUT2D eigenvalue weighted by Crippen LogP contribution is -2.25. The van der Waals surface area contributed by atoms with Crippen LogP contribution in [0.25, 0.3) is 0 Å². The van der Waals surface area contributed by atoms with Gasteiger partial charge in [-0.15, -0.1) is 0 Å². The van der Waals surface area contributed by atoms with Gasteiger partial charge in [-0.1, -0.05) is 6.92 Å². The number of hydrogen-bond donors (Lipinski definition) is 1. The van der Waals surface area contributed by atoms with Crippen molar-refractivity contribution in [3.8, 4) is 5.75 Å². The zero-order valence-electron chi connectivity index (χ0n) is 10.7. The van der Waals surface area contributed by atoms with E-state index in [1.54, 1.807) is 6.92 Å². The molecule has 0 amide bonds. The van der Waals surface area contributed by atoms with E-state index in [1.807, 2.05) is 0 Å². The van der Waals surface area contributed by atoms with Crippen LogP contribution in [0.4, 0.5) is 4.39 Å². The van der Waals surface area contributed by atoms with E-state index in [4.69, 9.17) is 9.84 Å². The molecule has 5 heteroatoms. The fourth-order valence-corrected chi connectivity index (χ4v) is 2.54. The summed E-state index contributed by atoms with van der Waals surface area (Å²) in [5, 5.41) is 8.97. The summed E-state index contributed by atoms with van der Waals surface area (Å²) in [6, 6.07) is 2.71. The molecule has 1 aromatic carbocycles. The number of hydrogen-bond acceptors (Lipinski definition) is 2. The minimum Gasteiger partial charge on any atom is -0.489 e. The molecule has 0 spiro atoms. The number of ether oxygens (including phenoxy) is 1. The number of carbonyl (C=O) groups is 1. The molecule has 1 saturated carbocycles. The second-order valence-electron chi connectivity index (χ2n) is 4.99. The van der Waals surface area contributed by atoms with E-state index in [-0.39, 0.29) is 18.3 Å². The summed E-state index contributed by atoms with van der Waals surface area (Å²) < 4.78 is 19.8. The Labute approximate surface area is 119 Å². The first kappa shape index (κ1) is 14.3. The largest absolute Gasteiger partial charge is 0.489 e. The predicted molar refractivity (Wildman–Crippen MR) is 72.9 cm³/mol. The summed E-state index contributed by atoms with van der Waals surface area (Å²) in [7, 11) is 0. The van der Waals surface area contributed by atoms with Gasteiger partial charge in [-0.25, -0.2) is 4.39 Å². The summed E-state index contributed by atoms with van der Waals surface area (Å²) in [5.41, 5.74) is 0.605. The number of rotatable bonds is 5. The summed E-state index contributed by atoms with van der Waals surface area (Å²) in [4.78, 5) is 10.9. The van der Waals surface area contributed by atoms with Crippen LogP contribution >= 0.6 is 15.9 Å². The standard InChI is InChI=1S/C14H16BrFO3/c1-8(14(17)18)5-9-6-10(16)7-12(15)13(9)19-11-3-2-4-11/h6-8,11H,2-5H2,1H3,(H,17,18). The minimum atomic E-state index is -0.894. The summed E-state index contributed by atoms with van der Waals surface area (Å²) >= 11 is 3.29. The van der Waals surface area contributed by atoms with Gasteiger partial charge in [0.2, 0.25) is 0 Å². The molecule has 0 aromatic heterocycles. The zero-order chi connectivity index (χ0) is 14.0. The third kappa shape index (κ3) is 3.47. The monoisotopic (exact) mass is 330 g/mol. The van der Waals surface area contributed by atoms with Crippen molar-refractivity contribution >= 4 is 21.9 Å². The lowest BCUT2D eigenvalue weighted by atomic mass is 9.95. The molecule has 1 N–H and O–H groups in total. The predicted octanol–water partition coefficient (Wildman–Crippen LogP) is 3.78. The Morgan fingerprint density at radius 3 is 2.79 bits per heavy atom. The number of carboxylic acid groups (broad SMARTS) is 1. The van der Waals surface area contributed by atoms with Crippen molar-refractivity contribution in [2.45, 2.75) is 38.7 Å². The Morgan fingerprint density at radius 1 is 1.58 bits per heavy atom. The van der Waals surface area contributed by atoms with Gasteiger partial charge in [0.1, 0.15) is 11.6 Å². The van der Waals surface area contributed by atoms with Crippen molar-refractivity contribution < 1.29 is 19.0 Å². The topological polar surface area (TPSA) is 46.5 Å². The number of halogens is 2. The van der Waals surface area contributed by atoms with Crippen molar-refractivity contribution in [2.75, 3.05) is 0 Å². The van der Waals surface area contributed by atoms with Crippen molar-refractivity contribution in [3.05, 3.63) is 28.0 Å². The van der Waals surface area contributed by atoms with Crippen LogP contribution in [0.1, 0.15) is 31.7 Å². The molecule has 0 bridgehead atoms. The maximum atomic E-state index is 13.5. The Bertz CT molecular complexity index is 486. The second kappa shape index (κ2) is 5.90. The van der Waals surface area contributed by atoms with Crippen LogP contribution in [0.15, 0.2) is 16.6 Å². The molecule has 1 atom stereocenters. The smallest absolute Gasteiger partial charge is 0.306 e. The average Bonchev–Trinajstić information content (AvgIpc) is 2.25. The molecule has 19 heavy (non-hydrogen) atoms. The first-order valence-corrected chi connectivity index (χ1v) is 7.14. The fourth-order valence-electron chi connectivity index (χ4n) is 1.97. The summed E-state index contributed by atoms with van der Waals surface area (Å²) in [6.07, 6.45) is 3.56. The highest BCUT2D eigenvalue weighted by Crippen LogP contribution is 2.35. The molecule has 0 aliphatic heterocycles. The SMILES string of the molecule is CC(Cc1cc(F)cc(Br)c1OC1CCC1)C(=O)O. The van der Waals surface area contributed by atoms with Crippen molar-refractivity contribution in [1.82, 2.24) is 0 Å². The third-order valence-electron chi connectivity index (χ3n) is 3.37. The van der Waals surface area contributed by atoms with Gasteiger partial charge in [-0.05, 0) is 59.3 Å². The van der Waals surface area contributed by atoms with Crippen LogP contribution < -0.4 is 4.74 Å². The number of benzene rings is 1. The average molecular weight is 331 g/mol. The Balaban J connectivity index is 2.25. The molecule has 0 radical (unpaired) electrons. The molecule has 1 aliphatic rings. The van der Waals surface area contributed by atoms with Crippen molar-refractivity contribution in [1.29, 1.82) is 0 Å². The molecule has 2 rings (SSSR count). The highest BCUT2D eigenvalue weighted by atomic mass is 79.9. The fraction of sp³-hybridized carbons (Fsp3) is 0.500. The molecule has 1 fully saturated rings. The minimum absolute atomic E-state index is 0.167. The number of aliphatic carboxylic acids is 1. The molecular formula is C14H16BrFO3. The quantitative estimate of drug-likeness (QED) is 0.893. The van der Waals surface area contributed by atoms with E-state index >= 15 is 0 Å². The van der Waals surface area contributed by atoms with E-state index in [2.05, 4.69) is 15.9 Å². The lowest BCUT2D eigenvalue weighted by Gasteiger charge is -2.28. The van der Waals surface area contributed by atoms with Crippen LogP contribution in [0.3, 0.4) is 0 Å². The zero-order valence-corrected chi connectivity index (χ0v) is 12.2. The molecule has 1 aliphatic carbocycles. The van der Waals surface area contributed by atoms with Crippen LogP contribution in [0.2, 0.25) is 0 Å². The highest BCUT2D eigenvalue weighted by molar-refractivity contribution is 9.10. The van der Waals surface area contributed by atoms with Gasteiger partial charge in [0.15, 0.2) is 0 Å². The molecule has 0 heterocycles. The lowest BCUT2D eigenvalue weighted by molar-refractivity contribution is -0.141. The van der Waals surface area contributed by atoms with Crippen molar-refractivity contribution in [3.63, 3.8) is 0 Å². The summed E-state index contributed by atoms with van der Waals surface area (Å²) in [6.45, 7) is 1.61. The molecule has 0 saturated heterocycles. The van der Waals surface area contributed by atoms with Gasteiger partial charge in [0, 0.05) is 0 Å². The Hall–Kier alpha value is -1.10. The third-order valence-corrected chi connectivity index (χ3v) is 3.96. The van der Waals surface area contributed by atoms with E-state index < -0.39 is 11.9 Å². The van der Waals surface area contributed by atoms with Crippen molar-refractivity contribution in [2.24, 2.45) is 5.92 Å². The summed E-state index contributed by atoms with van der Waals surface area (Å²) in [5.74, 6) is -1.27. The van der Waals surface area contributed by atoms with Gasteiger partial charge in [0.05, 0.1) is 16.5 Å². The van der Waals surface area contributed by atoms with Crippen LogP contribution in [-0.4, -0.2) is 17.2 Å². The maximum absolute atomic E-state index is 13.5. The molecule has 104 valence electrons. The molecule has 1 unspecified atom stereocenters.